The largest absolute Gasteiger partial charge is 0.246 e. The Bertz CT molecular complexity index is 821. The van der Waals surface area contributed by atoms with Crippen molar-refractivity contribution in [3.8, 4) is 21.8 Å². The zero-order chi connectivity index (χ0) is 15.5. The molecule has 0 saturated carbocycles. The molecule has 5 heteroatoms. The van der Waals surface area contributed by atoms with Crippen LogP contribution < -0.4 is 0 Å². The van der Waals surface area contributed by atoms with Crippen molar-refractivity contribution in [1.82, 2.24) is 20.0 Å². The van der Waals surface area contributed by atoms with E-state index in [0.717, 1.165) is 27.5 Å². The molecular weight excluding hydrogens is 304 g/mol. The van der Waals surface area contributed by atoms with E-state index in [1.165, 1.54) is 0 Å². The molecule has 0 aliphatic heterocycles. The molecule has 0 aliphatic carbocycles. The van der Waals surface area contributed by atoms with E-state index >= 15 is 0 Å². The van der Waals surface area contributed by atoms with Crippen LogP contribution in [0.2, 0.25) is 0 Å². The zero-order valence-corrected chi connectivity index (χ0v) is 13.1. The predicted molar refractivity (Wildman–Crippen MR) is 92.1 cm³/mol. The smallest absolute Gasteiger partial charge is 0.123 e. The molecule has 2 aromatic carbocycles. The van der Waals surface area contributed by atoms with Gasteiger partial charge in [0.05, 0.1) is 18.4 Å². The molecule has 4 aromatic rings. The maximum atomic E-state index is 4.69. The van der Waals surface area contributed by atoms with Crippen molar-refractivity contribution in [1.29, 1.82) is 0 Å². The van der Waals surface area contributed by atoms with Gasteiger partial charge in [-0.05, 0) is 0 Å². The van der Waals surface area contributed by atoms with E-state index in [9.17, 15) is 0 Å². The summed E-state index contributed by atoms with van der Waals surface area (Å²) in [5.74, 6) is 0. The summed E-state index contributed by atoms with van der Waals surface area (Å²) >= 11 is 1.65. The highest BCUT2D eigenvalue weighted by Crippen LogP contribution is 2.23. The zero-order valence-electron chi connectivity index (χ0n) is 12.3. The Morgan fingerprint density at radius 2 is 1.57 bits per heavy atom. The summed E-state index contributed by atoms with van der Waals surface area (Å²) in [6.45, 7) is 0.628. The molecule has 0 aliphatic rings. The highest BCUT2D eigenvalue weighted by Gasteiger charge is 2.07. The number of aromatic nitrogens is 4. The molecule has 4 rings (SSSR count). The van der Waals surface area contributed by atoms with Gasteiger partial charge < -0.3 is 0 Å². The Balaban J connectivity index is 1.53. The monoisotopic (exact) mass is 318 g/mol. The minimum Gasteiger partial charge on any atom is -0.246 e. The summed E-state index contributed by atoms with van der Waals surface area (Å²) in [6, 6.07) is 20.3. The van der Waals surface area contributed by atoms with Gasteiger partial charge in [-0.1, -0.05) is 65.9 Å². The van der Waals surface area contributed by atoms with Gasteiger partial charge >= 0.3 is 0 Å². The van der Waals surface area contributed by atoms with Crippen LogP contribution in [0.1, 0.15) is 5.69 Å². The van der Waals surface area contributed by atoms with Crippen LogP contribution in [0.4, 0.5) is 0 Å². The van der Waals surface area contributed by atoms with E-state index in [4.69, 9.17) is 0 Å². The first kappa shape index (κ1) is 13.8. The van der Waals surface area contributed by atoms with Gasteiger partial charge in [-0.15, -0.1) is 16.4 Å². The number of hydrogen-bond acceptors (Lipinski definition) is 4. The van der Waals surface area contributed by atoms with E-state index in [2.05, 4.69) is 32.8 Å². The standard InChI is InChI=1S/C18H14N4S/c1-3-7-14(8-4-1)17-12-22(21-20-17)11-16-13-23-18(19-16)15-9-5-2-6-10-15/h1-10,12-13H,11H2. The van der Waals surface area contributed by atoms with Gasteiger partial charge in [-0.2, -0.15) is 0 Å². The van der Waals surface area contributed by atoms with E-state index in [0.29, 0.717) is 6.54 Å². The van der Waals surface area contributed by atoms with Crippen LogP contribution in [0.5, 0.6) is 0 Å². The topological polar surface area (TPSA) is 43.6 Å². The van der Waals surface area contributed by atoms with Gasteiger partial charge in [0.15, 0.2) is 0 Å². The minimum absolute atomic E-state index is 0.628. The molecule has 112 valence electrons. The van der Waals surface area contributed by atoms with Crippen LogP contribution in [0.25, 0.3) is 21.8 Å². The van der Waals surface area contributed by atoms with E-state index in [1.54, 1.807) is 11.3 Å². The molecule has 0 saturated heterocycles. The second-order valence-electron chi connectivity index (χ2n) is 5.18. The fourth-order valence-electron chi connectivity index (χ4n) is 2.38. The lowest BCUT2D eigenvalue weighted by molar-refractivity contribution is 0.641. The molecule has 0 bridgehead atoms. The lowest BCUT2D eigenvalue weighted by Crippen LogP contribution is -2.00. The maximum Gasteiger partial charge on any atom is 0.123 e. The van der Waals surface area contributed by atoms with Gasteiger partial charge in [0, 0.05) is 16.5 Å². The van der Waals surface area contributed by atoms with Crippen molar-refractivity contribution in [3.05, 3.63) is 77.9 Å². The molecule has 2 heterocycles. The number of hydrogen-bond donors (Lipinski definition) is 0. The molecule has 0 spiro atoms. The Morgan fingerprint density at radius 3 is 2.30 bits per heavy atom. The van der Waals surface area contributed by atoms with Crippen LogP contribution in [0.15, 0.2) is 72.2 Å². The Labute approximate surface area is 138 Å². The summed E-state index contributed by atoms with van der Waals surface area (Å²) < 4.78 is 1.83. The number of nitrogens with zero attached hydrogens (tertiary/aromatic N) is 4. The molecule has 0 N–H and O–H groups in total. The molecule has 0 atom stereocenters. The Morgan fingerprint density at radius 1 is 0.870 bits per heavy atom. The van der Waals surface area contributed by atoms with E-state index < -0.39 is 0 Å². The summed E-state index contributed by atoms with van der Waals surface area (Å²) in [7, 11) is 0. The summed E-state index contributed by atoms with van der Waals surface area (Å²) in [4.78, 5) is 4.69. The number of rotatable bonds is 4. The van der Waals surface area contributed by atoms with Crippen molar-refractivity contribution in [2.75, 3.05) is 0 Å². The highest BCUT2D eigenvalue weighted by atomic mass is 32.1. The fraction of sp³-hybridized carbons (Fsp3) is 0.0556. The second-order valence-corrected chi connectivity index (χ2v) is 6.04. The average molecular weight is 318 g/mol. The van der Waals surface area contributed by atoms with Gasteiger partial charge in [0.1, 0.15) is 10.7 Å². The Hall–Kier alpha value is -2.79. The molecule has 0 radical (unpaired) electrons. The summed E-state index contributed by atoms with van der Waals surface area (Å²) in [6.07, 6.45) is 1.96. The number of thiazole rings is 1. The van der Waals surface area contributed by atoms with Gasteiger partial charge in [0.25, 0.3) is 0 Å². The third kappa shape index (κ3) is 3.05. The normalized spacial score (nSPS) is 10.8. The molecule has 23 heavy (non-hydrogen) atoms. The van der Waals surface area contributed by atoms with Crippen LogP contribution in [-0.4, -0.2) is 20.0 Å². The maximum absolute atomic E-state index is 4.69. The molecule has 2 aromatic heterocycles. The lowest BCUT2D eigenvalue weighted by atomic mass is 10.2. The Kier molecular flexibility index (Phi) is 3.70. The van der Waals surface area contributed by atoms with E-state index in [1.807, 2.05) is 59.4 Å². The van der Waals surface area contributed by atoms with Crippen molar-refractivity contribution in [2.45, 2.75) is 6.54 Å². The summed E-state index contributed by atoms with van der Waals surface area (Å²) in [5.41, 5.74) is 4.09. The summed E-state index contributed by atoms with van der Waals surface area (Å²) in [5, 5.41) is 11.5. The van der Waals surface area contributed by atoms with Crippen LogP contribution in [0.3, 0.4) is 0 Å². The average Bonchev–Trinajstić information content (AvgIpc) is 3.27. The quantitative estimate of drug-likeness (QED) is 0.568. The minimum atomic E-state index is 0.628. The first-order valence-corrected chi connectivity index (χ1v) is 8.22. The van der Waals surface area contributed by atoms with Gasteiger partial charge in [-0.25, -0.2) is 9.67 Å². The van der Waals surface area contributed by atoms with Gasteiger partial charge in [0.2, 0.25) is 0 Å². The fourth-order valence-corrected chi connectivity index (χ4v) is 3.19. The third-order valence-electron chi connectivity index (χ3n) is 3.50. The van der Waals surface area contributed by atoms with Crippen LogP contribution in [-0.2, 0) is 6.54 Å². The van der Waals surface area contributed by atoms with Crippen molar-refractivity contribution >= 4 is 11.3 Å². The molecular formula is C18H14N4S. The lowest BCUT2D eigenvalue weighted by Gasteiger charge is -1.96. The number of benzene rings is 2. The third-order valence-corrected chi connectivity index (χ3v) is 4.44. The highest BCUT2D eigenvalue weighted by molar-refractivity contribution is 7.13. The second kappa shape index (κ2) is 6.14. The molecule has 0 amide bonds. The predicted octanol–water partition coefficient (Wildman–Crippen LogP) is 4.12. The van der Waals surface area contributed by atoms with Crippen molar-refractivity contribution < 1.29 is 0 Å². The van der Waals surface area contributed by atoms with E-state index in [-0.39, 0.29) is 0 Å². The van der Waals surface area contributed by atoms with Crippen LogP contribution >= 0.6 is 11.3 Å². The van der Waals surface area contributed by atoms with Crippen molar-refractivity contribution in [3.63, 3.8) is 0 Å². The van der Waals surface area contributed by atoms with Crippen LogP contribution in [0, 0.1) is 0 Å². The van der Waals surface area contributed by atoms with Crippen molar-refractivity contribution in [2.24, 2.45) is 0 Å². The molecule has 0 fully saturated rings. The molecule has 0 unspecified atom stereocenters. The SMILES string of the molecule is c1ccc(-c2cn(Cc3csc(-c4ccccc4)n3)nn2)cc1. The van der Waals surface area contributed by atoms with Gasteiger partial charge in [-0.3, -0.25) is 0 Å². The first-order chi connectivity index (χ1) is 11.4. The first-order valence-electron chi connectivity index (χ1n) is 7.34. The molecule has 4 nitrogen and oxygen atoms in total.